The van der Waals surface area contributed by atoms with Crippen LogP contribution in [0.3, 0.4) is 0 Å². The molecule has 0 atom stereocenters. The number of carbonyl (C=O) groups is 1. The summed E-state index contributed by atoms with van der Waals surface area (Å²) in [6.45, 7) is 0. The standard InChI is InChI=1S/C17H10Br2N4O2S/c18-11-2-7(3-12(19)14(11)24)1-10-9-4-8(13-6-26-17(20)22-13)5-21-15(9)23-16(10)25/h1-6,24H,(H2,20,22)(H,21,23,25)/b10-1+. The van der Waals surface area contributed by atoms with Crippen LogP contribution >= 0.6 is 43.2 Å². The van der Waals surface area contributed by atoms with Gasteiger partial charge < -0.3 is 16.2 Å². The largest absolute Gasteiger partial charge is 0.506 e. The predicted molar refractivity (Wildman–Crippen MR) is 110 cm³/mol. The van der Waals surface area contributed by atoms with Crippen molar-refractivity contribution in [3.8, 4) is 17.0 Å². The average molecular weight is 494 g/mol. The number of amides is 1. The van der Waals surface area contributed by atoms with E-state index in [1.807, 2.05) is 11.4 Å². The Labute approximate surface area is 169 Å². The van der Waals surface area contributed by atoms with Crippen molar-refractivity contribution in [3.63, 3.8) is 0 Å². The van der Waals surface area contributed by atoms with Crippen LogP contribution in [0.5, 0.6) is 5.75 Å². The van der Waals surface area contributed by atoms with Gasteiger partial charge in [-0.1, -0.05) is 0 Å². The molecule has 4 rings (SSSR count). The third kappa shape index (κ3) is 3.02. The van der Waals surface area contributed by atoms with Crippen LogP contribution in [-0.4, -0.2) is 21.0 Å². The van der Waals surface area contributed by atoms with E-state index in [1.165, 1.54) is 11.3 Å². The molecule has 9 heteroatoms. The molecule has 0 saturated heterocycles. The lowest BCUT2D eigenvalue weighted by Crippen LogP contribution is -2.04. The summed E-state index contributed by atoms with van der Waals surface area (Å²) in [6, 6.07) is 5.33. The number of thiazole rings is 1. The maximum atomic E-state index is 12.4. The molecule has 3 aromatic rings. The van der Waals surface area contributed by atoms with E-state index in [1.54, 1.807) is 24.4 Å². The number of nitrogens with one attached hydrogen (secondary N) is 1. The number of aromatic hydroxyl groups is 1. The second kappa shape index (κ2) is 6.49. The molecule has 26 heavy (non-hydrogen) atoms. The van der Waals surface area contributed by atoms with Gasteiger partial charge in [0.1, 0.15) is 11.6 Å². The smallest absolute Gasteiger partial charge is 0.257 e. The molecule has 1 aliphatic rings. The van der Waals surface area contributed by atoms with E-state index in [2.05, 4.69) is 47.1 Å². The van der Waals surface area contributed by atoms with Gasteiger partial charge in [0.05, 0.1) is 20.2 Å². The predicted octanol–water partition coefficient (Wildman–Crippen LogP) is 4.51. The molecule has 0 bridgehead atoms. The molecule has 6 nitrogen and oxygen atoms in total. The van der Waals surface area contributed by atoms with Crippen LogP contribution in [0.1, 0.15) is 11.1 Å². The second-order valence-electron chi connectivity index (χ2n) is 5.54. The number of benzene rings is 1. The number of nitrogens with zero attached hydrogens (tertiary/aromatic N) is 2. The van der Waals surface area contributed by atoms with Crippen molar-refractivity contribution in [1.29, 1.82) is 0 Å². The highest BCUT2D eigenvalue weighted by molar-refractivity contribution is 9.11. The molecular formula is C17H10Br2N4O2S. The molecular weight excluding hydrogens is 484 g/mol. The van der Waals surface area contributed by atoms with Crippen LogP contribution in [0.4, 0.5) is 10.9 Å². The molecule has 0 radical (unpaired) electrons. The Bertz CT molecular complexity index is 1070. The van der Waals surface area contributed by atoms with Crippen molar-refractivity contribution in [1.82, 2.24) is 9.97 Å². The Morgan fingerprint density at radius 3 is 2.62 bits per heavy atom. The molecule has 3 heterocycles. The summed E-state index contributed by atoms with van der Waals surface area (Å²) < 4.78 is 1.06. The van der Waals surface area contributed by atoms with Crippen LogP contribution in [-0.2, 0) is 4.79 Å². The number of halogens is 2. The van der Waals surface area contributed by atoms with Gasteiger partial charge in [-0.05, 0) is 61.7 Å². The Kier molecular flexibility index (Phi) is 4.29. The molecule has 1 amide bonds. The van der Waals surface area contributed by atoms with Crippen LogP contribution < -0.4 is 11.1 Å². The number of pyridine rings is 1. The van der Waals surface area contributed by atoms with E-state index in [4.69, 9.17) is 5.73 Å². The van der Waals surface area contributed by atoms with Gasteiger partial charge in [0, 0.05) is 22.7 Å². The highest BCUT2D eigenvalue weighted by atomic mass is 79.9. The Morgan fingerprint density at radius 1 is 1.23 bits per heavy atom. The van der Waals surface area contributed by atoms with Gasteiger partial charge in [0.2, 0.25) is 0 Å². The van der Waals surface area contributed by atoms with Crippen molar-refractivity contribution in [2.75, 3.05) is 11.1 Å². The first-order chi connectivity index (χ1) is 12.4. The summed E-state index contributed by atoms with van der Waals surface area (Å²) in [5, 5.41) is 14.9. The summed E-state index contributed by atoms with van der Waals surface area (Å²) in [5.41, 5.74) is 9.14. The minimum absolute atomic E-state index is 0.105. The van der Waals surface area contributed by atoms with Gasteiger partial charge in [-0.25, -0.2) is 9.97 Å². The third-order valence-electron chi connectivity index (χ3n) is 3.82. The first-order valence-corrected chi connectivity index (χ1v) is 9.82. The summed E-state index contributed by atoms with van der Waals surface area (Å²) in [4.78, 5) is 21.0. The monoisotopic (exact) mass is 492 g/mol. The fourth-order valence-corrected chi connectivity index (χ4v) is 4.40. The summed E-state index contributed by atoms with van der Waals surface area (Å²) in [7, 11) is 0. The average Bonchev–Trinajstić information content (AvgIpc) is 3.16. The Balaban J connectivity index is 1.81. The van der Waals surface area contributed by atoms with Crippen molar-refractivity contribution < 1.29 is 9.90 Å². The van der Waals surface area contributed by atoms with Gasteiger partial charge in [0.15, 0.2) is 5.13 Å². The van der Waals surface area contributed by atoms with Crippen LogP contribution in [0.25, 0.3) is 22.9 Å². The number of nitrogen functional groups attached to an aromatic ring is 1. The number of rotatable bonds is 2. The summed E-state index contributed by atoms with van der Waals surface area (Å²) in [6.07, 6.45) is 3.40. The first-order valence-electron chi connectivity index (χ1n) is 7.35. The van der Waals surface area contributed by atoms with Crippen molar-refractivity contribution in [2.45, 2.75) is 0 Å². The van der Waals surface area contributed by atoms with Crippen molar-refractivity contribution in [3.05, 3.63) is 49.8 Å². The highest BCUT2D eigenvalue weighted by Gasteiger charge is 2.26. The topological polar surface area (TPSA) is 101 Å². The lowest BCUT2D eigenvalue weighted by Gasteiger charge is -2.04. The molecule has 130 valence electrons. The second-order valence-corrected chi connectivity index (χ2v) is 8.13. The summed E-state index contributed by atoms with van der Waals surface area (Å²) in [5.74, 6) is 0.376. The summed E-state index contributed by atoms with van der Waals surface area (Å²) >= 11 is 7.94. The zero-order valence-electron chi connectivity index (χ0n) is 13.0. The Morgan fingerprint density at radius 2 is 1.96 bits per heavy atom. The minimum atomic E-state index is -0.234. The molecule has 1 aliphatic heterocycles. The molecule has 2 aromatic heterocycles. The number of hydrogen-bond acceptors (Lipinski definition) is 6. The van der Waals surface area contributed by atoms with Gasteiger partial charge in [-0.2, -0.15) is 0 Å². The number of fused-ring (bicyclic) bond motifs is 1. The lowest BCUT2D eigenvalue weighted by atomic mass is 10.0. The maximum absolute atomic E-state index is 12.4. The van der Waals surface area contributed by atoms with E-state index < -0.39 is 0 Å². The SMILES string of the molecule is Nc1nc(-c2cnc3c(c2)/C(=C\c2cc(Br)c(O)c(Br)c2)C(=O)N3)cs1. The minimum Gasteiger partial charge on any atom is -0.506 e. The molecule has 0 unspecified atom stereocenters. The lowest BCUT2D eigenvalue weighted by molar-refractivity contribution is -0.110. The van der Waals surface area contributed by atoms with E-state index in [9.17, 15) is 9.90 Å². The van der Waals surface area contributed by atoms with Crippen LogP contribution in [0, 0.1) is 0 Å². The maximum Gasteiger partial charge on any atom is 0.257 e. The number of carbonyl (C=O) groups excluding carboxylic acids is 1. The van der Waals surface area contributed by atoms with E-state index in [0.29, 0.717) is 31.0 Å². The normalized spacial score (nSPS) is 14.5. The molecule has 4 N–H and O–H groups in total. The number of nitrogens with two attached hydrogens (primary N) is 1. The van der Waals surface area contributed by atoms with E-state index >= 15 is 0 Å². The molecule has 0 spiro atoms. The molecule has 1 aromatic carbocycles. The van der Waals surface area contributed by atoms with Crippen molar-refractivity contribution >= 4 is 71.7 Å². The van der Waals surface area contributed by atoms with Crippen LogP contribution in [0.2, 0.25) is 0 Å². The number of anilines is 2. The Hall–Kier alpha value is -2.23. The fraction of sp³-hybridized carbons (Fsp3) is 0. The molecule has 0 saturated carbocycles. The highest BCUT2D eigenvalue weighted by Crippen LogP contribution is 2.37. The van der Waals surface area contributed by atoms with E-state index in [-0.39, 0.29) is 11.7 Å². The van der Waals surface area contributed by atoms with Crippen LogP contribution in [0.15, 0.2) is 38.7 Å². The first kappa shape index (κ1) is 17.2. The number of hydrogen-bond donors (Lipinski definition) is 3. The molecule has 0 fully saturated rings. The number of aromatic nitrogens is 2. The molecule has 0 aliphatic carbocycles. The quantitative estimate of drug-likeness (QED) is 0.456. The fourth-order valence-electron chi connectivity index (χ4n) is 2.61. The van der Waals surface area contributed by atoms with E-state index in [0.717, 1.165) is 16.8 Å². The zero-order chi connectivity index (χ0) is 18.4. The number of phenols is 1. The van der Waals surface area contributed by atoms with Gasteiger partial charge in [0.25, 0.3) is 5.91 Å². The number of phenolic OH excluding ortho intramolecular Hbond substituents is 1. The van der Waals surface area contributed by atoms with Gasteiger partial charge >= 0.3 is 0 Å². The van der Waals surface area contributed by atoms with Gasteiger partial charge in [-0.15, -0.1) is 11.3 Å². The zero-order valence-corrected chi connectivity index (χ0v) is 16.9. The third-order valence-corrected chi connectivity index (χ3v) is 5.71. The van der Waals surface area contributed by atoms with Crippen molar-refractivity contribution in [2.24, 2.45) is 0 Å². The van der Waals surface area contributed by atoms with Gasteiger partial charge in [-0.3, -0.25) is 4.79 Å².